The first-order valence-electron chi connectivity index (χ1n) is 8.29. The molecule has 1 aromatic heterocycles. The number of benzene rings is 2. The zero-order chi connectivity index (χ0) is 17.4. The van der Waals surface area contributed by atoms with E-state index in [1.165, 1.54) is 0 Å². The summed E-state index contributed by atoms with van der Waals surface area (Å²) < 4.78 is 5.56. The highest BCUT2D eigenvalue weighted by Crippen LogP contribution is 2.23. The van der Waals surface area contributed by atoms with Crippen molar-refractivity contribution in [3.8, 4) is 0 Å². The maximum atomic E-state index is 12.6. The zero-order valence-corrected chi connectivity index (χ0v) is 13.9. The fraction of sp³-hybridized carbons (Fsp3) is 0.200. The van der Waals surface area contributed by atoms with E-state index in [2.05, 4.69) is 5.32 Å². The number of carbonyl (C=O) groups excluding carboxylic acids is 2. The number of nitrogens with one attached hydrogen (secondary N) is 1. The van der Waals surface area contributed by atoms with E-state index in [-0.39, 0.29) is 17.6 Å². The van der Waals surface area contributed by atoms with Crippen LogP contribution in [-0.2, 0) is 4.79 Å². The second-order valence-electron chi connectivity index (χ2n) is 6.29. The summed E-state index contributed by atoms with van der Waals surface area (Å²) in [4.78, 5) is 26.7. The van der Waals surface area contributed by atoms with Gasteiger partial charge in [-0.15, -0.1) is 0 Å². The smallest absolute Gasteiger partial charge is 0.287 e. The first kappa shape index (κ1) is 15.4. The Morgan fingerprint density at radius 3 is 2.68 bits per heavy atom. The van der Waals surface area contributed by atoms with Crippen molar-refractivity contribution in [3.63, 3.8) is 0 Å². The topological polar surface area (TPSA) is 62.6 Å². The Hall–Kier alpha value is -3.08. The number of nitrogens with zero attached hydrogens (tertiary/aromatic N) is 1. The number of para-hydroxylation sites is 1. The lowest BCUT2D eigenvalue weighted by molar-refractivity contribution is -0.118. The number of hydrogen-bond acceptors (Lipinski definition) is 3. The second-order valence-corrected chi connectivity index (χ2v) is 6.29. The normalized spacial score (nSPS) is 17.2. The van der Waals surface area contributed by atoms with Crippen LogP contribution >= 0.6 is 0 Å². The number of hydrogen-bond donors (Lipinski definition) is 1. The van der Waals surface area contributed by atoms with Crippen molar-refractivity contribution < 1.29 is 14.0 Å². The minimum absolute atomic E-state index is 0.0895. The van der Waals surface area contributed by atoms with E-state index in [1.54, 1.807) is 11.0 Å². The van der Waals surface area contributed by atoms with Crippen LogP contribution < -0.4 is 10.2 Å². The third-order valence-electron chi connectivity index (χ3n) is 4.51. The van der Waals surface area contributed by atoms with Gasteiger partial charge in [0.1, 0.15) is 11.6 Å². The Bertz CT molecular complexity index is 910. The van der Waals surface area contributed by atoms with Gasteiger partial charge in [0, 0.05) is 17.6 Å². The van der Waals surface area contributed by atoms with Crippen LogP contribution in [0.5, 0.6) is 0 Å². The third-order valence-corrected chi connectivity index (χ3v) is 4.51. The van der Waals surface area contributed by atoms with Gasteiger partial charge in [-0.1, -0.05) is 35.9 Å². The van der Waals surface area contributed by atoms with Crippen LogP contribution in [-0.4, -0.2) is 24.4 Å². The van der Waals surface area contributed by atoms with Gasteiger partial charge in [0.2, 0.25) is 5.91 Å². The quantitative estimate of drug-likeness (QED) is 0.799. The van der Waals surface area contributed by atoms with Crippen molar-refractivity contribution in [2.24, 2.45) is 0 Å². The molecule has 1 atom stereocenters. The number of rotatable bonds is 3. The summed E-state index contributed by atoms with van der Waals surface area (Å²) >= 11 is 0. The molecule has 25 heavy (non-hydrogen) atoms. The second kappa shape index (κ2) is 6.09. The van der Waals surface area contributed by atoms with Gasteiger partial charge in [-0.3, -0.25) is 9.59 Å². The minimum Gasteiger partial charge on any atom is -0.451 e. The third kappa shape index (κ3) is 2.89. The lowest BCUT2D eigenvalue weighted by Gasteiger charge is -2.17. The first-order valence-corrected chi connectivity index (χ1v) is 8.29. The van der Waals surface area contributed by atoms with Gasteiger partial charge < -0.3 is 14.6 Å². The lowest BCUT2D eigenvalue weighted by atomic mass is 10.2. The molecule has 4 rings (SSSR count). The van der Waals surface area contributed by atoms with Gasteiger partial charge in [-0.2, -0.15) is 0 Å². The fourth-order valence-electron chi connectivity index (χ4n) is 3.12. The van der Waals surface area contributed by atoms with Gasteiger partial charge in [-0.05, 0) is 37.6 Å². The summed E-state index contributed by atoms with van der Waals surface area (Å²) in [5.74, 6) is -0.226. The molecule has 1 N–H and O–H groups in total. The van der Waals surface area contributed by atoms with Crippen LogP contribution in [0.15, 0.2) is 59.0 Å². The van der Waals surface area contributed by atoms with Crippen molar-refractivity contribution in [1.82, 2.24) is 5.32 Å². The largest absolute Gasteiger partial charge is 0.451 e. The maximum Gasteiger partial charge on any atom is 0.287 e. The van der Waals surface area contributed by atoms with E-state index in [0.717, 1.165) is 16.6 Å². The highest BCUT2D eigenvalue weighted by atomic mass is 16.3. The first-order chi connectivity index (χ1) is 12.1. The van der Waals surface area contributed by atoms with Crippen molar-refractivity contribution in [1.29, 1.82) is 0 Å². The van der Waals surface area contributed by atoms with Crippen LogP contribution in [0.1, 0.15) is 22.5 Å². The lowest BCUT2D eigenvalue weighted by Crippen LogP contribution is -2.41. The van der Waals surface area contributed by atoms with E-state index in [0.29, 0.717) is 18.5 Å². The predicted octanol–water partition coefficient (Wildman–Crippen LogP) is 3.28. The minimum atomic E-state index is -0.526. The molecule has 2 heterocycles. The number of carbonyl (C=O) groups is 2. The number of furan rings is 1. The van der Waals surface area contributed by atoms with Crippen molar-refractivity contribution >= 4 is 28.5 Å². The Morgan fingerprint density at radius 2 is 1.92 bits per heavy atom. The molecule has 2 amide bonds. The standard InChI is InChI=1S/C20H18N2O3/c1-13-6-8-15(9-7-13)22-11-10-16(20(22)24)21-19(23)18-12-14-4-2-3-5-17(14)25-18/h2-9,12,16H,10-11H2,1H3,(H,21,23). The Balaban J connectivity index is 1.48. The molecule has 5 heteroatoms. The van der Waals surface area contributed by atoms with E-state index < -0.39 is 6.04 Å². The van der Waals surface area contributed by atoms with Crippen LogP contribution in [0.25, 0.3) is 11.0 Å². The molecular weight excluding hydrogens is 316 g/mol. The van der Waals surface area contributed by atoms with Crippen LogP contribution in [0.4, 0.5) is 5.69 Å². The molecule has 1 aliphatic rings. The molecule has 0 spiro atoms. The molecule has 0 bridgehead atoms. The Kier molecular flexibility index (Phi) is 3.76. The molecule has 1 fully saturated rings. The Labute approximate surface area is 145 Å². The van der Waals surface area contributed by atoms with Gasteiger partial charge in [-0.25, -0.2) is 0 Å². The highest BCUT2D eigenvalue weighted by molar-refractivity contribution is 6.04. The SMILES string of the molecule is Cc1ccc(N2CCC(NC(=O)c3cc4ccccc4o3)C2=O)cc1. The molecule has 0 saturated carbocycles. The molecule has 1 saturated heterocycles. The number of fused-ring (bicyclic) bond motifs is 1. The average Bonchev–Trinajstić information content (AvgIpc) is 3.20. The van der Waals surface area contributed by atoms with E-state index in [9.17, 15) is 9.59 Å². The fourth-order valence-corrected chi connectivity index (χ4v) is 3.12. The maximum absolute atomic E-state index is 12.6. The van der Waals surface area contributed by atoms with Gasteiger partial charge >= 0.3 is 0 Å². The number of anilines is 1. The summed E-state index contributed by atoms with van der Waals surface area (Å²) in [6.45, 7) is 2.60. The number of aryl methyl sites for hydroxylation is 1. The van der Waals surface area contributed by atoms with Crippen molar-refractivity contribution in [2.75, 3.05) is 11.4 Å². The molecule has 1 aliphatic heterocycles. The van der Waals surface area contributed by atoms with Crippen LogP contribution in [0.3, 0.4) is 0 Å². The summed E-state index contributed by atoms with van der Waals surface area (Å²) in [5, 5.41) is 3.66. The average molecular weight is 334 g/mol. The molecule has 3 aromatic rings. The van der Waals surface area contributed by atoms with E-state index in [1.807, 2.05) is 55.5 Å². The highest BCUT2D eigenvalue weighted by Gasteiger charge is 2.34. The van der Waals surface area contributed by atoms with Gasteiger partial charge in [0.25, 0.3) is 5.91 Å². The zero-order valence-electron chi connectivity index (χ0n) is 13.9. The summed E-state index contributed by atoms with van der Waals surface area (Å²) in [5.41, 5.74) is 2.66. The summed E-state index contributed by atoms with van der Waals surface area (Å²) in [6.07, 6.45) is 0.582. The Morgan fingerprint density at radius 1 is 1.16 bits per heavy atom. The molecule has 0 radical (unpaired) electrons. The van der Waals surface area contributed by atoms with Gasteiger partial charge in [0.05, 0.1) is 0 Å². The summed E-state index contributed by atoms with van der Waals surface area (Å²) in [6, 6.07) is 16.4. The van der Waals surface area contributed by atoms with E-state index >= 15 is 0 Å². The molecule has 1 unspecified atom stereocenters. The predicted molar refractivity (Wildman–Crippen MR) is 95.6 cm³/mol. The van der Waals surface area contributed by atoms with E-state index in [4.69, 9.17) is 4.42 Å². The van der Waals surface area contributed by atoms with Crippen LogP contribution in [0, 0.1) is 6.92 Å². The molecule has 126 valence electrons. The molecular formula is C20H18N2O3. The van der Waals surface area contributed by atoms with Gasteiger partial charge in [0.15, 0.2) is 5.76 Å². The van der Waals surface area contributed by atoms with Crippen LogP contribution in [0.2, 0.25) is 0 Å². The molecule has 2 aromatic carbocycles. The summed E-state index contributed by atoms with van der Waals surface area (Å²) in [7, 11) is 0. The van der Waals surface area contributed by atoms with Crippen molar-refractivity contribution in [3.05, 3.63) is 65.9 Å². The number of amides is 2. The van der Waals surface area contributed by atoms with Crippen molar-refractivity contribution in [2.45, 2.75) is 19.4 Å². The molecule has 0 aliphatic carbocycles. The molecule has 5 nitrogen and oxygen atoms in total. The monoisotopic (exact) mass is 334 g/mol.